The van der Waals surface area contributed by atoms with Gasteiger partial charge in [-0.2, -0.15) is 0 Å². The standard InChI is InChI=1S/C18H20N2O3/c1-12(21)16-15(20-17(22)23-18(2,3)4)10-14(11-19-16)13-8-6-5-7-9-13/h5-11H,1-4H3,(H,20,22). The van der Waals surface area contributed by atoms with E-state index in [2.05, 4.69) is 10.3 Å². The summed E-state index contributed by atoms with van der Waals surface area (Å²) >= 11 is 0. The first-order valence-corrected chi connectivity index (χ1v) is 7.33. The third kappa shape index (κ3) is 4.64. The van der Waals surface area contributed by atoms with Crippen molar-refractivity contribution in [1.82, 2.24) is 4.98 Å². The molecule has 0 aliphatic carbocycles. The average molecular weight is 312 g/mol. The van der Waals surface area contributed by atoms with Gasteiger partial charge in [0.05, 0.1) is 5.69 Å². The minimum atomic E-state index is -0.620. The molecule has 0 fully saturated rings. The minimum absolute atomic E-state index is 0.204. The highest BCUT2D eigenvalue weighted by molar-refractivity contribution is 6.01. The summed E-state index contributed by atoms with van der Waals surface area (Å²) in [7, 11) is 0. The molecule has 0 saturated carbocycles. The Labute approximate surface area is 135 Å². The van der Waals surface area contributed by atoms with Crippen LogP contribution in [0.25, 0.3) is 11.1 Å². The third-order valence-electron chi connectivity index (χ3n) is 2.96. The van der Waals surface area contributed by atoms with Crippen molar-refractivity contribution in [3.63, 3.8) is 0 Å². The number of ketones is 1. The van der Waals surface area contributed by atoms with Gasteiger partial charge in [0.25, 0.3) is 0 Å². The molecule has 2 rings (SSSR count). The van der Waals surface area contributed by atoms with E-state index in [4.69, 9.17) is 4.74 Å². The second-order valence-electron chi connectivity index (χ2n) is 6.17. The molecule has 1 amide bonds. The smallest absolute Gasteiger partial charge is 0.412 e. The van der Waals surface area contributed by atoms with Crippen molar-refractivity contribution in [2.24, 2.45) is 0 Å². The van der Waals surface area contributed by atoms with Gasteiger partial charge < -0.3 is 4.74 Å². The molecule has 120 valence electrons. The minimum Gasteiger partial charge on any atom is -0.444 e. The molecule has 1 N–H and O–H groups in total. The molecule has 0 bridgehead atoms. The van der Waals surface area contributed by atoms with Gasteiger partial charge in [-0.15, -0.1) is 0 Å². The van der Waals surface area contributed by atoms with Crippen molar-refractivity contribution in [3.05, 3.63) is 48.3 Å². The Morgan fingerprint density at radius 2 is 1.74 bits per heavy atom. The first-order chi connectivity index (χ1) is 10.8. The predicted octanol–water partition coefficient (Wildman–Crippen LogP) is 4.30. The van der Waals surface area contributed by atoms with Crippen LogP contribution in [0, 0.1) is 0 Å². The second kappa shape index (κ2) is 6.60. The molecule has 23 heavy (non-hydrogen) atoms. The van der Waals surface area contributed by atoms with Crippen LogP contribution in [0.1, 0.15) is 38.2 Å². The summed E-state index contributed by atoms with van der Waals surface area (Å²) < 4.78 is 5.23. The van der Waals surface area contributed by atoms with Crippen molar-refractivity contribution in [2.45, 2.75) is 33.3 Å². The number of Topliss-reactive ketones (excluding diaryl/α,β-unsaturated/α-hetero) is 1. The van der Waals surface area contributed by atoms with Crippen LogP contribution in [0.3, 0.4) is 0 Å². The zero-order valence-electron chi connectivity index (χ0n) is 13.7. The molecule has 5 heteroatoms. The molecule has 1 aromatic heterocycles. The van der Waals surface area contributed by atoms with E-state index in [1.54, 1.807) is 33.0 Å². The molecule has 2 aromatic rings. The predicted molar refractivity (Wildman–Crippen MR) is 89.5 cm³/mol. The molecule has 0 unspecified atom stereocenters. The molecule has 5 nitrogen and oxygen atoms in total. The van der Waals surface area contributed by atoms with Crippen LogP contribution >= 0.6 is 0 Å². The maximum Gasteiger partial charge on any atom is 0.412 e. The van der Waals surface area contributed by atoms with Crippen LogP contribution in [-0.4, -0.2) is 22.5 Å². The van der Waals surface area contributed by atoms with Crippen LogP contribution in [0.4, 0.5) is 10.5 Å². The number of hydrogen-bond donors (Lipinski definition) is 1. The summed E-state index contributed by atoms with van der Waals surface area (Å²) in [5, 5.41) is 2.61. The number of amides is 1. The van der Waals surface area contributed by atoms with Crippen molar-refractivity contribution in [2.75, 3.05) is 5.32 Å². The maximum atomic E-state index is 12.0. The number of aromatic nitrogens is 1. The van der Waals surface area contributed by atoms with Crippen LogP contribution in [0.2, 0.25) is 0 Å². The Hall–Kier alpha value is -2.69. The summed E-state index contributed by atoms with van der Waals surface area (Å²) in [5.41, 5.74) is 1.68. The van der Waals surface area contributed by atoms with Gasteiger partial charge in [0.15, 0.2) is 5.78 Å². The first-order valence-electron chi connectivity index (χ1n) is 7.33. The summed E-state index contributed by atoms with van der Waals surface area (Å²) in [6.07, 6.45) is 0.999. The number of carbonyl (C=O) groups excluding carboxylic acids is 2. The fraction of sp³-hybridized carbons (Fsp3) is 0.278. The number of ether oxygens (including phenoxy) is 1. The monoisotopic (exact) mass is 312 g/mol. The van der Waals surface area contributed by atoms with E-state index in [1.807, 2.05) is 30.3 Å². The molecule has 1 aromatic carbocycles. The van der Waals surface area contributed by atoms with Gasteiger partial charge >= 0.3 is 6.09 Å². The fourth-order valence-corrected chi connectivity index (χ4v) is 2.04. The quantitative estimate of drug-likeness (QED) is 0.858. The van der Waals surface area contributed by atoms with Crippen LogP contribution in [0.5, 0.6) is 0 Å². The lowest BCUT2D eigenvalue weighted by molar-refractivity contribution is 0.0636. The average Bonchev–Trinajstić information content (AvgIpc) is 2.45. The van der Waals surface area contributed by atoms with Gasteiger partial charge in [-0.1, -0.05) is 30.3 Å². The third-order valence-corrected chi connectivity index (χ3v) is 2.96. The second-order valence-corrected chi connectivity index (χ2v) is 6.17. The molecule has 0 saturated heterocycles. The van der Waals surface area contributed by atoms with Gasteiger partial charge in [0.2, 0.25) is 0 Å². The number of nitrogens with zero attached hydrogens (tertiary/aromatic N) is 1. The lowest BCUT2D eigenvalue weighted by Gasteiger charge is -2.20. The lowest BCUT2D eigenvalue weighted by Crippen LogP contribution is -2.27. The molecular formula is C18H20N2O3. The van der Waals surface area contributed by atoms with Crippen molar-refractivity contribution >= 4 is 17.6 Å². The summed E-state index contributed by atoms with van der Waals surface area (Å²) in [6, 6.07) is 11.3. The molecular weight excluding hydrogens is 292 g/mol. The summed E-state index contributed by atoms with van der Waals surface area (Å²) in [4.78, 5) is 27.9. The van der Waals surface area contributed by atoms with E-state index in [0.29, 0.717) is 5.69 Å². The zero-order chi connectivity index (χ0) is 17.0. The Morgan fingerprint density at radius 1 is 1.09 bits per heavy atom. The molecule has 0 aliphatic rings. The lowest BCUT2D eigenvalue weighted by atomic mass is 10.1. The topological polar surface area (TPSA) is 68.3 Å². The zero-order valence-corrected chi connectivity index (χ0v) is 13.7. The highest BCUT2D eigenvalue weighted by Gasteiger charge is 2.19. The van der Waals surface area contributed by atoms with Gasteiger partial charge in [-0.3, -0.25) is 15.1 Å². The van der Waals surface area contributed by atoms with Crippen molar-refractivity contribution < 1.29 is 14.3 Å². The maximum absolute atomic E-state index is 12.0. The number of carbonyl (C=O) groups is 2. The molecule has 0 aliphatic heterocycles. The van der Waals surface area contributed by atoms with E-state index >= 15 is 0 Å². The van der Waals surface area contributed by atoms with Crippen LogP contribution < -0.4 is 5.32 Å². The highest BCUT2D eigenvalue weighted by atomic mass is 16.6. The van der Waals surface area contributed by atoms with Crippen LogP contribution in [0.15, 0.2) is 42.6 Å². The van der Waals surface area contributed by atoms with Gasteiger partial charge in [0, 0.05) is 18.7 Å². The largest absolute Gasteiger partial charge is 0.444 e. The molecule has 0 atom stereocenters. The Kier molecular flexibility index (Phi) is 4.79. The number of benzene rings is 1. The Bertz CT molecular complexity index is 719. The number of pyridine rings is 1. The van der Waals surface area contributed by atoms with E-state index in [9.17, 15) is 9.59 Å². The van der Waals surface area contributed by atoms with Gasteiger partial charge in [0.1, 0.15) is 11.3 Å². The molecule has 0 radical (unpaired) electrons. The Morgan fingerprint density at radius 3 is 2.30 bits per heavy atom. The van der Waals surface area contributed by atoms with Crippen LogP contribution in [-0.2, 0) is 4.74 Å². The normalized spacial score (nSPS) is 11.0. The summed E-state index contributed by atoms with van der Waals surface area (Å²) in [5.74, 6) is -0.226. The van der Waals surface area contributed by atoms with E-state index < -0.39 is 11.7 Å². The highest BCUT2D eigenvalue weighted by Crippen LogP contribution is 2.24. The van der Waals surface area contributed by atoms with Gasteiger partial charge in [-0.25, -0.2) is 4.79 Å². The molecule has 0 spiro atoms. The first kappa shape index (κ1) is 16.7. The number of anilines is 1. The number of nitrogens with one attached hydrogen (secondary N) is 1. The fourth-order valence-electron chi connectivity index (χ4n) is 2.04. The van der Waals surface area contributed by atoms with Crippen molar-refractivity contribution in [1.29, 1.82) is 0 Å². The molecule has 1 heterocycles. The van der Waals surface area contributed by atoms with E-state index in [0.717, 1.165) is 11.1 Å². The van der Waals surface area contributed by atoms with E-state index in [-0.39, 0.29) is 11.5 Å². The van der Waals surface area contributed by atoms with E-state index in [1.165, 1.54) is 6.92 Å². The summed E-state index contributed by atoms with van der Waals surface area (Å²) in [6.45, 7) is 6.73. The number of rotatable bonds is 3. The number of hydrogen-bond acceptors (Lipinski definition) is 4. The van der Waals surface area contributed by atoms with Gasteiger partial charge in [-0.05, 0) is 32.4 Å². The SMILES string of the molecule is CC(=O)c1ncc(-c2ccccc2)cc1NC(=O)OC(C)(C)C. The van der Waals surface area contributed by atoms with Crippen molar-refractivity contribution in [3.8, 4) is 11.1 Å². The Balaban J connectivity index is 2.35.